The van der Waals surface area contributed by atoms with Gasteiger partial charge in [-0.05, 0) is 18.1 Å². The number of benzene rings is 2. The van der Waals surface area contributed by atoms with Crippen LogP contribution >= 0.6 is 0 Å². The number of amides is 1. The van der Waals surface area contributed by atoms with Crippen LogP contribution in [-0.4, -0.2) is 32.1 Å². The van der Waals surface area contributed by atoms with Crippen molar-refractivity contribution >= 4 is 11.9 Å². The molecule has 5 nitrogen and oxygen atoms in total. The van der Waals surface area contributed by atoms with E-state index in [1.165, 1.54) is 14.2 Å². The SMILES string of the molecule is COC(=O)[C@@H](Cc1cccc(C)c1)NC(=O)[C@H](OC)c1ccccc1. The first-order chi connectivity index (χ1) is 12.0. The molecule has 0 aliphatic heterocycles. The highest BCUT2D eigenvalue weighted by molar-refractivity contribution is 5.87. The van der Waals surface area contributed by atoms with Crippen molar-refractivity contribution in [2.24, 2.45) is 0 Å². The molecule has 0 bridgehead atoms. The molecule has 1 amide bonds. The Morgan fingerprint density at radius 3 is 2.36 bits per heavy atom. The molecular formula is C20H23NO4. The fourth-order valence-corrected chi connectivity index (χ4v) is 2.68. The molecule has 0 aliphatic rings. The minimum Gasteiger partial charge on any atom is -0.467 e. The fraction of sp³-hybridized carbons (Fsp3) is 0.300. The van der Waals surface area contributed by atoms with Gasteiger partial charge < -0.3 is 14.8 Å². The van der Waals surface area contributed by atoms with Crippen LogP contribution in [0.25, 0.3) is 0 Å². The van der Waals surface area contributed by atoms with Gasteiger partial charge in [0.15, 0.2) is 6.10 Å². The van der Waals surface area contributed by atoms with Crippen molar-refractivity contribution in [3.63, 3.8) is 0 Å². The molecule has 2 rings (SSSR count). The van der Waals surface area contributed by atoms with Crippen LogP contribution in [-0.2, 0) is 25.5 Å². The van der Waals surface area contributed by atoms with Gasteiger partial charge >= 0.3 is 5.97 Å². The Labute approximate surface area is 148 Å². The first kappa shape index (κ1) is 18.7. The predicted octanol–water partition coefficient (Wildman–Crippen LogP) is 2.58. The summed E-state index contributed by atoms with van der Waals surface area (Å²) in [6.07, 6.45) is -0.434. The Balaban J connectivity index is 2.15. The second-order valence-electron chi connectivity index (χ2n) is 5.80. The quantitative estimate of drug-likeness (QED) is 0.786. The zero-order chi connectivity index (χ0) is 18.2. The number of aryl methyl sites for hydroxylation is 1. The van der Waals surface area contributed by atoms with Gasteiger partial charge in [-0.2, -0.15) is 0 Å². The summed E-state index contributed by atoms with van der Waals surface area (Å²) >= 11 is 0. The number of esters is 1. The fourth-order valence-electron chi connectivity index (χ4n) is 2.68. The third kappa shape index (κ3) is 5.16. The van der Waals surface area contributed by atoms with Gasteiger partial charge in [0.2, 0.25) is 0 Å². The summed E-state index contributed by atoms with van der Waals surface area (Å²) in [5.74, 6) is -0.866. The highest BCUT2D eigenvalue weighted by atomic mass is 16.5. The van der Waals surface area contributed by atoms with Crippen molar-refractivity contribution in [3.05, 3.63) is 71.3 Å². The van der Waals surface area contributed by atoms with Crippen LogP contribution in [0.1, 0.15) is 22.8 Å². The minimum absolute atomic E-state index is 0.352. The molecule has 0 aliphatic carbocycles. The molecule has 132 valence electrons. The van der Waals surface area contributed by atoms with E-state index in [-0.39, 0.29) is 5.91 Å². The van der Waals surface area contributed by atoms with E-state index in [0.717, 1.165) is 16.7 Å². The molecule has 2 aromatic carbocycles. The van der Waals surface area contributed by atoms with E-state index in [0.29, 0.717) is 6.42 Å². The number of hydrogen-bond acceptors (Lipinski definition) is 4. The van der Waals surface area contributed by atoms with Crippen molar-refractivity contribution < 1.29 is 19.1 Å². The molecule has 0 saturated heterocycles. The number of rotatable bonds is 7. The highest BCUT2D eigenvalue weighted by Crippen LogP contribution is 2.17. The van der Waals surface area contributed by atoms with Crippen molar-refractivity contribution in [2.45, 2.75) is 25.5 Å². The van der Waals surface area contributed by atoms with Crippen molar-refractivity contribution in [1.29, 1.82) is 0 Å². The van der Waals surface area contributed by atoms with Crippen molar-refractivity contribution in [2.75, 3.05) is 14.2 Å². The van der Waals surface area contributed by atoms with Gasteiger partial charge in [-0.15, -0.1) is 0 Å². The van der Waals surface area contributed by atoms with Gasteiger partial charge in [0.25, 0.3) is 5.91 Å². The molecule has 2 aromatic rings. The van der Waals surface area contributed by atoms with Crippen LogP contribution in [0.3, 0.4) is 0 Å². The van der Waals surface area contributed by atoms with Crippen molar-refractivity contribution in [1.82, 2.24) is 5.32 Å². The average Bonchev–Trinajstić information content (AvgIpc) is 2.62. The molecule has 5 heteroatoms. The summed E-state index contributed by atoms with van der Waals surface area (Å²) in [6.45, 7) is 1.98. The third-order valence-corrected chi connectivity index (χ3v) is 3.90. The normalized spacial score (nSPS) is 12.9. The molecule has 2 atom stereocenters. The summed E-state index contributed by atoms with van der Waals surface area (Å²) in [5.41, 5.74) is 2.76. The number of methoxy groups -OCH3 is 2. The van der Waals surface area contributed by atoms with E-state index in [1.807, 2.05) is 49.4 Å². The van der Waals surface area contributed by atoms with Gasteiger partial charge in [-0.25, -0.2) is 4.79 Å². The van der Waals surface area contributed by atoms with E-state index in [1.54, 1.807) is 12.1 Å². The molecule has 0 aromatic heterocycles. The van der Waals surface area contributed by atoms with Gasteiger partial charge in [-0.1, -0.05) is 60.2 Å². The standard InChI is InChI=1S/C20H23NO4/c1-14-8-7-9-15(12-14)13-17(20(23)25-3)21-19(22)18(24-2)16-10-5-4-6-11-16/h4-12,17-18H,13H2,1-3H3,(H,21,22)/t17-,18-/m1/s1. The Morgan fingerprint density at radius 2 is 1.76 bits per heavy atom. The first-order valence-corrected chi connectivity index (χ1v) is 8.06. The molecule has 0 fully saturated rings. The lowest BCUT2D eigenvalue weighted by Crippen LogP contribution is -2.45. The molecule has 0 spiro atoms. The van der Waals surface area contributed by atoms with Gasteiger partial charge in [-0.3, -0.25) is 4.79 Å². The second kappa shape index (κ2) is 8.99. The molecule has 0 saturated carbocycles. The van der Waals surface area contributed by atoms with Crippen LogP contribution in [0.5, 0.6) is 0 Å². The summed E-state index contributed by atoms with van der Waals surface area (Å²) in [6, 6.07) is 16.2. The van der Waals surface area contributed by atoms with E-state index in [2.05, 4.69) is 5.32 Å². The number of carbonyl (C=O) groups is 2. The Kier molecular flexibility index (Phi) is 6.71. The van der Waals surface area contributed by atoms with Crippen LogP contribution < -0.4 is 5.32 Å². The lowest BCUT2D eigenvalue weighted by molar-refractivity contribution is -0.146. The third-order valence-electron chi connectivity index (χ3n) is 3.90. The number of carbonyl (C=O) groups excluding carboxylic acids is 2. The Morgan fingerprint density at radius 1 is 1.04 bits per heavy atom. The van der Waals surface area contributed by atoms with Gasteiger partial charge in [0, 0.05) is 13.5 Å². The van der Waals surface area contributed by atoms with Crippen LogP contribution in [0, 0.1) is 6.92 Å². The summed E-state index contributed by atoms with van der Waals surface area (Å²) in [7, 11) is 2.77. The Bertz CT molecular complexity index is 715. The van der Waals surface area contributed by atoms with E-state index in [9.17, 15) is 9.59 Å². The first-order valence-electron chi connectivity index (χ1n) is 8.06. The predicted molar refractivity (Wildman–Crippen MR) is 95.0 cm³/mol. The summed E-state index contributed by atoms with van der Waals surface area (Å²) < 4.78 is 10.2. The van der Waals surface area contributed by atoms with E-state index in [4.69, 9.17) is 9.47 Å². The van der Waals surface area contributed by atoms with Gasteiger partial charge in [0.05, 0.1) is 7.11 Å². The molecule has 0 unspecified atom stereocenters. The maximum absolute atomic E-state index is 12.6. The molecular weight excluding hydrogens is 318 g/mol. The average molecular weight is 341 g/mol. The molecule has 1 N–H and O–H groups in total. The number of hydrogen-bond donors (Lipinski definition) is 1. The van der Waals surface area contributed by atoms with Crippen LogP contribution in [0.2, 0.25) is 0 Å². The second-order valence-corrected chi connectivity index (χ2v) is 5.80. The lowest BCUT2D eigenvalue weighted by Gasteiger charge is -2.21. The van der Waals surface area contributed by atoms with Crippen LogP contribution in [0.4, 0.5) is 0 Å². The lowest BCUT2D eigenvalue weighted by atomic mass is 10.0. The minimum atomic E-state index is -0.786. The largest absolute Gasteiger partial charge is 0.467 e. The van der Waals surface area contributed by atoms with Crippen molar-refractivity contribution in [3.8, 4) is 0 Å². The highest BCUT2D eigenvalue weighted by Gasteiger charge is 2.27. The Hall–Kier alpha value is -2.66. The van der Waals surface area contributed by atoms with E-state index < -0.39 is 18.1 Å². The van der Waals surface area contributed by atoms with Gasteiger partial charge in [0.1, 0.15) is 6.04 Å². The topological polar surface area (TPSA) is 64.6 Å². The zero-order valence-corrected chi connectivity index (χ0v) is 14.7. The molecule has 25 heavy (non-hydrogen) atoms. The number of nitrogens with one attached hydrogen (secondary N) is 1. The number of ether oxygens (including phenoxy) is 2. The summed E-state index contributed by atoms with van der Waals surface area (Å²) in [4.78, 5) is 24.7. The molecule has 0 heterocycles. The maximum atomic E-state index is 12.6. The zero-order valence-electron chi connectivity index (χ0n) is 14.7. The molecule has 0 radical (unpaired) electrons. The maximum Gasteiger partial charge on any atom is 0.328 e. The summed E-state index contributed by atoms with van der Waals surface area (Å²) in [5, 5.41) is 2.75. The monoisotopic (exact) mass is 341 g/mol. The van der Waals surface area contributed by atoms with Crippen LogP contribution in [0.15, 0.2) is 54.6 Å². The smallest absolute Gasteiger partial charge is 0.328 e. The van der Waals surface area contributed by atoms with E-state index >= 15 is 0 Å².